The molecule has 3 aliphatic rings. The molecule has 11 nitrogen and oxygen atoms in total. The first-order chi connectivity index (χ1) is 23.0. The monoisotopic (exact) mass is 731 g/mol. The zero-order valence-corrected chi connectivity index (χ0v) is 29.6. The Bertz CT molecular complexity index is 1880. The lowest BCUT2D eigenvalue weighted by Crippen LogP contribution is -2.46. The summed E-state index contributed by atoms with van der Waals surface area (Å²) in [6.07, 6.45) is 2.37. The van der Waals surface area contributed by atoms with Crippen LogP contribution in [0.3, 0.4) is 0 Å². The molecule has 48 heavy (non-hydrogen) atoms. The SMILES string of the molecule is C[C@@H]1[C@@H]([Si](C)(C)O)[C@H](CCn2cc(CCO)nn2)O[C@@]12C(=O)N(Cc1cccc(N3C(=O)COc4ccccc43)c1)c1ccc(Br)cc12. The first kappa shape index (κ1) is 32.7. The van der Waals surface area contributed by atoms with Gasteiger partial charge in [-0.3, -0.25) is 19.2 Å². The van der Waals surface area contributed by atoms with Crippen LogP contribution in [0.1, 0.15) is 30.2 Å². The smallest absolute Gasteiger partial charge is 0.269 e. The summed E-state index contributed by atoms with van der Waals surface area (Å²) < 4.78 is 15.2. The maximum Gasteiger partial charge on any atom is 0.269 e. The average Bonchev–Trinajstić information content (AvgIpc) is 3.70. The average molecular weight is 733 g/mol. The fourth-order valence-corrected chi connectivity index (χ4v) is 10.7. The van der Waals surface area contributed by atoms with Crippen molar-refractivity contribution in [1.29, 1.82) is 0 Å². The van der Waals surface area contributed by atoms with Crippen LogP contribution in [-0.2, 0) is 39.4 Å². The topological polar surface area (TPSA) is 130 Å². The normalized spacial score (nSPS) is 23.5. The Balaban J connectivity index is 1.21. The Morgan fingerprint density at radius 3 is 2.67 bits per heavy atom. The van der Waals surface area contributed by atoms with Gasteiger partial charge in [0.2, 0.25) is 0 Å². The number of fused-ring (bicyclic) bond motifs is 3. The van der Waals surface area contributed by atoms with E-state index in [1.165, 1.54) is 0 Å². The van der Waals surface area contributed by atoms with Gasteiger partial charge >= 0.3 is 0 Å². The number of halogens is 1. The van der Waals surface area contributed by atoms with Gasteiger partial charge in [0.15, 0.2) is 20.5 Å². The third-order valence-corrected chi connectivity index (χ3v) is 12.8. The summed E-state index contributed by atoms with van der Waals surface area (Å²) >= 11 is 3.63. The summed E-state index contributed by atoms with van der Waals surface area (Å²) in [5.41, 5.74) is 2.94. The van der Waals surface area contributed by atoms with Crippen molar-refractivity contribution in [2.24, 2.45) is 5.92 Å². The molecule has 4 heterocycles. The number of rotatable bonds is 9. The van der Waals surface area contributed by atoms with E-state index in [1.807, 2.05) is 92.9 Å². The second-order valence-corrected chi connectivity index (χ2v) is 18.2. The Morgan fingerprint density at radius 2 is 1.88 bits per heavy atom. The number of para-hydroxylation sites is 2. The first-order valence-corrected chi connectivity index (χ1v) is 20.0. The van der Waals surface area contributed by atoms with Gasteiger partial charge in [0.05, 0.1) is 29.7 Å². The third-order valence-electron chi connectivity index (χ3n) is 9.76. The Hall–Kier alpha value is -3.88. The van der Waals surface area contributed by atoms with Gasteiger partial charge in [0, 0.05) is 53.0 Å². The van der Waals surface area contributed by atoms with Crippen LogP contribution in [0.2, 0.25) is 18.6 Å². The molecule has 4 aromatic rings. The third kappa shape index (κ3) is 5.56. The molecule has 2 amide bonds. The number of carbonyl (C=O) groups excluding carboxylic acids is 2. The molecule has 0 radical (unpaired) electrons. The Morgan fingerprint density at radius 1 is 1.06 bits per heavy atom. The maximum atomic E-state index is 14.9. The fourth-order valence-electron chi connectivity index (χ4n) is 7.77. The molecular formula is C35H38BrN5O6Si. The van der Waals surface area contributed by atoms with Crippen LogP contribution in [0.15, 0.2) is 77.4 Å². The van der Waals surface area contributed by atoms with Crippen LogP contribution >= 0.6 is 15.9 Å². The lowest BCUT2D eigenvalue weighted by Gasteiger charge is -2.32. The lowest BCUT2D eigenvalue weighted by molar-refractivity contribution is -0.146. The highest BCUT2D eigenvalue weighted by atomic mass is 79.9. The molecule has 0 saturated carbocycles. The van der Waals surface area contributed by atoms with Crippen molar-refractivity contribution in [3.63, 3.8) is 0 Å². The predicted molar refractivity (Wildman–Crippen MR) is 185 cm³/mol. The zero-order chi connectivity index (χ0) is 33.8. The van der Waals surface area contributed by atoms with Gasteiger partial charge in [-0.15, -0.1) is 5.10 Å². The van der Waals surface area contributed by atoms with Crippen LogP contribution in [-0.4, -0.2) is 64.3 Å². The summed E-state index contributed by atoms with van der Waals surface area (Å²) in [6, 6.07) is 20.9. The van der Waals surface area contributed by atoms with Crippen LogP contribution in [0.4, 0.5) is 17.1 Å². The number of aliphatic hydroxyl groups excluding tert-OH is 1. The molecule has 3 aliphatic heterocycles. The van der Waals surface area contributed by atoms with E-state index in [0.717, 1.165) is 21.3 Å². The minimum Gasteiger partial charge on any atom is -0.482 e. The first-order valence-electron chi connectivity index (χ1n) is 16.2. The highest BCUT2D eigenvalue weighted by Crippen LogP contribution is 2.60. The van der Waals surface area contributed by atoms with Crippen LogP contribution in [0.5, 0.6) is 5.75 Å². The summed E-state index contributed by atoms with van der Waals surface area (Å²) in [7, 11) is -2.85. The number of anilines is 3. The molecule has 0 aliphatic carbocycles. The molecule has 250 valence electrons. The molecule has 4 atom stereocenters. The Kier molecular flexibility index (Phi) is 8.53. The van der Waals surface area contributed by atoms with E-state index in [4.69, 9.17) is 9.47 Å². The minimum atomic E-state index is -2.85. The van der Waals surface area contributed by atoms with Gasteiger partial charge in [0.1, 0.15) is 5.75 Å². The van der Waals surface area contributed by atoms with Gasteiger partial charge in [-0.2, -0.15) is 0 Å². The molecule has 0 unspecified atom stereocenters. The quantitative estimate of drug-likeness (QED) is 0.229. The van der Waals surface area contributed by atoms with Crippen LogP contribution in [0.25, 0.3) is 0 Å². The number of amides is 2. The maximum absolute atomic E-state index is 14.9. The highest BCUT2D eigenvalue weighted by molar-refractivity contribution is 9.10. The molecule has 13 heteroatoms. The number of aryl methyl sites for hydroxylation is 1. The minimum absolute atomic E-state index is 0.00594. The largest absolute Gasteiger partial charge is 0.482 e. The molecule has 0 bridgehead atoms. The molecule has 1 aromatic heterocycles. The van der Waals surface area contributed by atoms with E-state index in [9.17, 15) is 19.5 Å². The lowest BCUT2D eigenvalue weighted by atomic mass is 9.82. The van der Waals surface area contributed by atoms with E-state index >= 15 is 0 Å². The van der Waals surface area contributed by atoms with E-state index < -0.39 is 20.0 Å². The van der Waals surface area contributed by atoms with Crippen LogP contribution < -0.4 is 14.5 Å². The summed E-state index contributed by atoms with van der Waals surface area (Å²) in [6.45, 7) is 6.54. The summed E-state index contributed by atoms with van der Waals surface area (Å²) in [5.74, 6) is -0.0130. The zero-order valence-electron chi connectivity index (χ0n) is 27.0. The van der Waals surface area contributed by atoms with Crippen molar-refractivity contribution in [2.45, 2.75) is 63.2 Å². The van der Waals surface area contributed by atoms with Crippen molar-refractivity contribution in [3.05, 3.63) is 94.2 Å². The van der Waals surface area contributed by atoms with Crippen LogP contribution in [0, 0.1) is 5.92 Å². The molecule has 1 saturated heterocycles. The van der Waals surface area contributed by atoms with E-state index in [1.54, 1.807) is 14.5 Å². The number of benzene rings is 3. The molecular weight excluding hydrogens is 694 g/mol. The van der Waals surface area contributed by atoms with Crippen molar-refractivity contribution in [3.8, 4) is 5.75 Å². The van der Waals surface area contributed by atoms with Gasteiger partial charge in [-0.25, -0.2) is 0 Å². The molecule has 2 N–H and O–H groups in total. The molecule has 7 rings (SSSR count). The van der Waals surface area contributed by atoms with E-state index in [0.29, 0.717) is 42.2 Å². The van der Waals surface area contributed by atoms with Gasteiger partial charge in [0.25, 0.3) is 11.8 Å². The molecule has 1 fully saturated rings. The highest BCUT2D eigenvalue weighted by Gasteiger charge is 2.66. The summed E-state index contributed by atoms with van der Waals surface area (Å²) in [5, 5.41) is 17.6. The van der Waals surface area contributed by atoms with Gasteiger partial charge in [-0.05, 0) is 67.5 Å². The number of carbonyl (C=O) groups is 2. The van der Waals surface area contributed by atoms with Crippen molar-refractivity contribution >= 4 is 53.1 Å². The van der Waals surface area contributed by atoms with E-state index in [-0.39, 0.29) is 43.0 Å². The molecule has 3 aromatic carbocycles. The van der Waals surface area contributed by atoms with Gasteiger partial charge < -0.3 is 24.3 Å². The Labute approximate surface area is 288 Å². The standard InChI is InChI=1S/C35H38BrN5O6Si/c1-22-33(48(2,3)45)31(13-15-39-20-25(14-16-42)37-38-39)47-35(22)27-18-24(36)11-12-28(27)40(34(35)44)19-23-7-6-8-26(17-23)41-29-9-4-5-10-30(29)46-21-32(41)43/h4-12,17-18,20,22,31,33,42,45H,13-16,19,21H2,1-3H3/t22-,31+,33-,35+/m1/s1. The number of ether oxygens (including phenoxy) is 2. The van der Waals surface area contributed by atoms with Crippen molar-refractivity contribution in [2.75, 3.05) is 23.0 Å². The van der Waals surface area contributed by atoms with Gasteiger partial charge in [-0.1, -0.05) is 52.3 Å². The fraction of sp³-hybridized carbons (Fsp3) is 0.371. The number of aromatic nitrogens is 3. The summed E-state index contributed by atoms with van der Waals surface area (Å²) in [4.78, 5) is 43.0. The predicted octanol–water partition coefficient (Wildman–Crippen LogP) is 5.07. The van der Waals surface area contributed by atoms with Crippen molar-refractivity contribution < 1.29 is 29.0 Å². The number of hydrogen-bond donors (Lipinski definition) is 2. The molecule has 1 spiro atoms. The second kappa shape index (κ2) is 12.5. The number of hydrogen-bond acceptors (Lipinski definition) is 8. The second-order valence-electron chi connectivity index (χ2n) is 13.3. The van der Waals surface area contributed by atoms with E-state index in [2.05, 4.69) is 26.2 Å². The van der Waals surface area contributed by atoms with Crippen molar-refractivity contribution in [1.82, 2.24) is 15.0 Å². The number of nitrogens with zero attached hydrogens (tertiary/aromatic N) is 5. The number of aliphatic hydroxyl groups is 1.